The fourth-order valence-corrected chi connectivity index (χ4v) is 3.78. The fourth-order valence-electron chi connectivity index (χ4n) is 2.57. The summed E-state index contributed by atoms with van der Waals surface area (Å²) in [6.45, 7) is 6.92. The molecule has 2 aromatic rings. The molecule has 3 nitrogen and oxygen atoms in total. The lowest BCUT2D eigenvalue weighted by Crippen LogP contribution is -2.22. The Bertz CT molecular complexity index is 569. The summed E-state index contributed by atoms with van der Waals surface area (Å²) in [6, 6.07) is 6.27. The van der Waals surface area contributed by atoms with Gasteiger partial charge in [0.1, 0.15) is 0 Å². The summed E-state index contributed by atoms with van der Waals surface area (Å²) in [6.07, 6.45) is 1.30. The number of nitrogens with one attached hydrogen (secondary N) is 1. The predicted molar refractivity (Wildman–Crippen MR) is 86.0 cm³/mol. The summed E-state index contributed by atoms with van der Waals surface area (Å²) in [5, 5.41) is 4.55. The average Bonchev–Trinajstić information content (AvgIpc) is 3.01. The molecular weight excluding hydrogens is 322 g/mol. The summed E-state index contributed by atoms with van der Waals surface area (Å²) >= 11 is 5.23. The molecule has 1 N–H and O–H groups in total. The Morgan fingerprint density at radius 1 is 1.53 bits per heavy atom. The third-order valence-corrected chi connectivity index (χ3v) is 5.20. The van der Waals surface area contributed by atoms with Crippen molar-refractivity contribution >= 4 is 42.6 Å². The molecule has 1 saturated heterocycles. The highest BCUT2D eigenvalue weighted by Crippen LogP contribution is 2.28. The normalized spacial score (nSPS) is 20.2. The highest BCUT2D eigenvalue weighted by atomic mass is 79.9. The number of rotatable bonds is 4. The van der Waals surface area contributed by atoms with Crippen LogP contribution in [0.2, 0.25) is 0 Å². The zero-order chi connectivity index (χ0) is 13.2. The van der Waals surface area contributed by atoms with Crippen LogP contribution in [0, 0.1) is 5.92 Å². The van der Waals surface area contributed by atoms with Crippen molar-refractivity contribution in [2.75, 3.05) is 31.5 Å². The number of likely N-dealkylation sites (tertiary alicyclic amines) is 1. The maximum Gasteiger partial charge on any atom is 0.183 e. The van der Waals surface area contributed by atoms with Gasteiger partial charge in [-0.15, -0.1) is 0 Å². The van der Waals surface area contributed by atoms with Crippen LogP contribution >= 0.6 is 27.3 Å². The van der Waals surface area contributed by atoms with E-state index in [0.717, 1.165) is 27.6 Å². The van der Waals surface area contributed by atoms with Gasteiger partial charge in [0.05, 0.1) is 10.2 Å². The molecule has 102 valence electrons. The van der Waals surface area contributed by atoms with Crippen molar-refractivity contribution in [1.82, 2.24) is 9.88 Å². The Labute approximate surface area is 126 Å². The van der Waals surface area contributed by atoms with Crippen molar-refractivity contribution in [3.05, 3.63) is 22.7 Å². The second-order valence-corrected chi connectivity index (χ2v) is 7.01. The van der Waals surface area contributed by atoms with Gasteiger partial charge >= 0.3 is 0 Å². The first kappa shape index (κ1) is 13.3. The van der Waals surface area contributed by atoms with E-state index in [2.05, 4.69) is 56.3 Å². The number of thiazole rings is 1. The Morgan fingerprint density at radius 2 is 2.42 bits per heavy atom. The van der Waals surface area contributed by atoms with Crippen LogP contribution in [0.25, 0.3) is 10.2 Å². The molecule has 0 aliphatic carbocycles. The van der Waals surface area contributed by atoms with E-state index in [-0.39, 0.29) is 0 Å². The molecule has 1 aliphatic rings. The number of anilines is 1. The van der Waals surface area contributed by atoms with Crippen molar-refractivity contribution in [3.63, 3.8) is 0 Å². The van der Waals surface area contributed by atoms with Crippen LogP contribution in [0.1, 0.15) is 13.3 Å². The van der Waals surface area contributed by atoms with Crippen molar-refractivity contribution < 1.29 is 0 Å². The first-order valence-electron chi connectivity index (χ1n) is 6.77. The largest absolute Gasteiger partial charge is 0.361 e. The monoisotopic (exact) mass is 339 g/mol. The Hall–Kier alpha value is -0.650. The fraction of sp³-hybridized carbons (Fsp3) is 0.500. The number of hydrogen-bond donors (Lipinski definition) is 1. The second kappa shape index (κ2) is 5.77. The van der Waals surface area contributed by atoms with E-state index in [1.165, 1.54) is 30.8 Å². The van der Waals surface area contributed by atoms with E-state index < -0.39 is 0 Å². The van der Waals surface area contributed by atoms with E-state index in [9.17, 15) is 0 Å². The van der Waals surface area contributed by atoms with Gasteiger partial charge in [-0.2, -0.15) is 0 Å². The van der Waals surface area contributed by atoms with Gasteiger partial charge in [0.15, 0.2) is 5.13 Å². The lowest BCUT2D eigenvalue weighted by molar-refractivity contribution is 0.345. The zero-order valence-corrected chi connectivity index (χ0v) is 13.4. The minimum absolute atomic E-state index is 0.763. The van der Waals surface area contributed by atoms with Crippen molar-refractivity contribution in [2.24, 2.45) is 5.92 Å². The molecule has 0 radical (unpaired) electrons. The molecule has 0 bridgehead atoms. The van der Waals surface area contributed by atoms with Crippen molar-refractivity contribution in [1.29, 1.82) is 0 Å². The molecule has 1 unspecified atom stereocenters. The van der Waals surface area contributed by atoms with Gasteiger partial charge in [0.2, 0.25) is 0 Å². The number of hydrogen-bond acceptors (Lipinski definition) is 4. The molecule has 0 spiro atoms. The standard InChI is InChI=1S/C14H18BrN3S/c1-2-18-6-5-10(9-18)8-16-14-17-12-7-11(15)3-4-13(12)19-14/h3-4,7,10H,2,5-6,8-9H2,1H3,(H,16,17). The lowest BCUT2D eigenvalue weighted by atomic mass is 10.1. The summed E-state index contributed by atoms with van der Waals surface area (Å²) < 4.78 is 2.33. The quantitative estimate of drug-likeness (QED) is 0.917. The molecule has 5 heteroatoms. The SMILES string of the molecule is CCN1CCC(CNc2nc3cc(Br)ccc3s2)C1. The molecule has 19 heavy (non-hydrogen) atoms. The number of halogens is 1. The minimum atomic E-state index is 0.763. The molecule has 1 aliphatic heterocycles. The summed E-state index contributed by atoms with van der Waals surface area (Å²) in [5.74, 6) is 0.763. The van der Waals surface area contributed by atoms with Gasteiger partial charge in [0.25, 0.3) is 0 Å². The van der Waals surface area contributed by atoms with Crippen LogP contribution in [-0.2, 0) is 0 Å². The molecule has 3 rings (SSSR count). The van der Waals surface area contributed by atoms with Gasteiger partial charge in [-0.1, -0.05) is 34.2 Å². The Morgan fingerprint density at radius 3 is 3.21 bits per heavy atom. The number of fused-ring (bicyclic) bond motifs is 1. The zero-order valence-electron chi connectivity index (χ0n) is 11.0. The van der Waals surface area contributed by atoms with Crippen LogP contribution in [0.3, 0.4) is 0 Å². The number of aromatic nitrogens is 1. The molecule has 2 heterocycles. The minimum Gasteiger partial charge on any atom is -0.361 e. The van der Waals surface area contributed by atoms with Gasteiger partial charge < -0.3 is 10.2 Å². The molecule has 1 aromatic carbocycles. The molecule has 0 saturated carbocycles. The summed E-state index contributed by atoms with van der Waals surface area (Å²) in [7, 11) is 0. The maximum atomic E-state index is 4.64. The lowest BCUT2D eigenvalue weighted by Gasteiger charge is -2.13. The van der Waals surface area contributed by atoms with E-state index in [1.54, 1.807) is 11.3 Å². The highest BCUT2D eigenvalue weighted by Gasteiger charge is 2.20. The van der Waals surface area contributed by atoms with E-state index >= 15 is 0 Å². The van der Waals surface area contributed by atoms with Crippen LogP contribution in [0.4, 0.5) is 5.13 Å². The van der Waals surface area contributed by atoms with Crippen LogP contribution in [0.5, 0.6) is 0 Å². The Kier molecular flexibility index (Phi) is 4.05. The van der Waals surface area contributed by atoms with E-state index in [4.69, 9.17) is 0 Å². The van der Waals surface area contributed by atoms with E-state index in [0.29, 0.717) is 0 Å². The van der Waals surface area contributed by atoms with Crippen LogP contribution in [0.15, 0.2) is 22.7 Å². The van der Waals surface area contributed by atoms with Gasteiger partial charge in [0, 0.05) is 17.6 Å². The van der Waals surface area contributed by atoms with Gasteiger partial charge in [-0.25, -0.2) is 4.98 Å². The average molecular weight is 340 g/mol. The second-order valence-electron chi connectivity index (χ2n) is 5.06. The topological polar surface area (TPSA) is 28.2 Å². The first-order valence-corrected chi connectivity index (χ1v) is 8.38. The molecule has 1 fully saturated rings. The van der Waals surface area contributed by atoms with E-state index in [1.807, 2.05) is 0 Å². The molecular formula is C14H18BrN3S. The number of benzene rings is 1. The number of nitrogens with zero attached hydrogens (tertiary/aromatic N) is 2. The summed E-state index contributed by atoms with van der Waals surface area (Å²) in [4.78, 5) is 7.15. The van der Waals surface area contributed by atoms with Gasteiger partial charge in [-0.05, 0) is 43.6 Å². The molecule has 0 amide bonds. The molecule has 1 atom stereocenters. The van der Waals surface area contributed by atoms with Crippen molar-refractivity contribution in [3.8, 4) is 0 Å². The van der Waals surface area contributed by atoms with Crippen LogP contribution in [-0.4, -0.2) is 36.1 Å². The van der Waals surface area contributed by atoms with Crippen LogP contribution < -0.4 is 5.32 Å². The first-order chi connectivity index (χ1) is 9.24. The highest BCUT2D eigenvalue weighted by molar-refractivity contribution is 9.10. The molecule has 1 aromatic heterocycles. The third kappa shape index (κ3) is 3.09. The predicted octanol–water partition coefficient (Wildman–Crippen LogP) is 3.81. The third-order valence-electron chi connectivity index (χ3n) is 3.71. The smallest absolute Gasteiger partial charge is 0.183 e. The Balaban J connectivity index is 1.62. The summed E-state index contributed by atoms with van der Waals surface area (Å²) in [5.41, 5.74) is 1.07. The maximum absolute atomic E-state index is 4.64. The van der Waals surface area contributed by atoms with Crippen molar-refractivity contribution in [2.45, 2.75) is 13.3 Å². The van der Waals surface area contributed by atoms with Gasteiger partial charge in [-0.3, -0.25) is 0 Å².